The summed E-state index contributed by atoms with van der Waals surface area (Å²) < 4.78 is 8.02. The third kappa shape index (κ3) is 4.85. The van der Waals surface area contributed by atoms with Crippen LogP contribution in [0.1, 0.15) is 45.5 Å². The molecule has 1 aromatic carbocycles. The normalized spacial score (nSPS) is 15.2. The number of carbonyl (C=O) groups is 1. The average molecular weight is 526 g/mol. The van der Waals surface area contributed by atoms with Crippen molar-refractivity contribution in [2.45, 2.75) is 31.8 Å². The molecule has 0 atom stereocenters. The van der Waals surface area contributed by atoms with E-state index in [1.807, 2.05) is 29.9 Å². The molecule has 0 aliphatic carbocycles. The Bertz CT molecular complexity index is 1270. The number of imidazole rings is 1. The third-order valence-electron chi connectivity index (χ3n) is 6.15. The van der Waals surface area contributed by atoms with Gasteiger partial charge in [0.25, 0.3) is 0 Å². The average Bonchev–Trinajstić information content (AvgIpc) is 3.47. The highest BCUT2D eigenvalue weighted by Crippen LogP contribution is 2.29. The lowest BCUT2D eigenvalue weighted by Crippen LogP contribution is -2.33. The molecule has 3 aromatic heterocycles. The van der Waals surface area contributed by atoms with Crippen molar-refractivity contribution in [3.8, 4) is 0 Å². The molecule has 5 rings (SSSR count). The van der Waals surface area contributed by atoms with Crippen LogP contribution >= 0.6 is 27.3 Å². The molecule has 0 unspecified atom stereocenters. The van der Waals surface area contributed by atoms with Gasteiger partial charge in [-0.2, -0.15) is 0 Å². The summed E-state index contributed by atoms with van der Waals surface area (Å²) in [6.45, 7) is 3.44. The van der Waals surface area contributed by atoms with Crippen LogP contribution in [0, 0.1) is 0 Å². The number of pyridine rings is 1. The Balaban J connectivity index is 1.38. The van der Waals surface area contributed by atoms with Crippen molar-refractivity contribution in [3.63, 3.8) is 0 Å². The predicted molar refractivity (Wildman–Crippen MR) is 131 cm³/mol. The van der Waals surface area contributed by atoms with Gasteiger partial charge in [0, 0.05) is 22.7 Å². The number of piperidine rings is 1. The van der Waals surface area contributed by atoms with Gasteiger partial charge in [-0.3, -0.25) is 9.88 Å². The first-order valence-corrected chi connectivity index (χ1v) is 12.6. The Morgan fingerprint density at radius 2 is 2.03 bits per heavy atom. The van der Waals surface area contributed by atoms with Crippen molar-refractivity contribution >= 4 is 44.3 Å². The minimum atomic E-state index is -0.341. The summed E-state index contributed by atoms with van der Waals surface area (Å²) >= 11 is 5.11. The molecule has 170 valence electrons. The molecule has 0 N–H and O–H groups in total. The molecular formula is C24H24BrN5O2S. The van der Waals surface area contributed by atoms with Gasteiger partial charge >= 0.3 is 5.97 Å². The molecule has 0 amide bonds. The highest BCUT2D eigenvalue weighted by Gasteiger charge is 2.24. The smallest absolute Gasteiger partial charge is 0.337 e. The molecule has 1 aliphatic rings. The van der Waals surface area contributed by atoms with E-state index < -0.39 is 0 Å². The molecule has 4 aromatic rings. The molecular weight excluding hydrogens is 502 g/mol. The van der Waals surface area contributed by atoms with Gasteiger partial charge in [0.2, 0.25) is 0 Å². The quantitative estimate of drug-likeness (QED) is 0.264. The molecule has 0 bridgehead atoms. The number of nitrogens with zero attached hydrogens (tertiary/aromatic N) is 5. The molecule has 0 radical (unpaired) electrons. The zero-order chi connectivity index (χ0) is 22.8. The van der Waals surface area contributed by atoms with Gasteiger partial charge in [-0.15, -0.1) is 11.3 Å². The van der Waals surface area contributed by atoms with E-state index in [0.717, 1.165) is 64.5 Å². The Kier molecular flexibility index (Phi) is 6.52. The number of rotatable bonds is 6. The number of halogens is 1. The van der Waals surface area contributed by atoms with Crippen LogP contribution in [0.5, 0.6) is 0 Å². The molecule has 7 nitrogen and oxygen atoms in total. The second-order valence-electron chi connectivity index (χ2n) is 8.21. The van der Waals surface area contributed by atoms with Crippen LogP contribution in [0.4, 0.5) is 0 Å². The highest BCUT2D eigenvalue weighted by atomic mass is 79.9. The number of aromatic nitrogens is 4. The fraction of sp³-hybridized carbons (Fsp3) is 0.333. The summed E-state index contributed by atoms with van der Waals surface area (Å²) in [4.78, 5) is 29.5. The van der Waals surface area contributed by atoms with Crippen LogP contribution in [-0.2, 0) is 17.8 Å². The topological polar surface area (TPSA) is 73.1 Å². The number of hydrogen-bond donors (Lipinski definition) is 0. The Morgan fingerprint density at radius 3 is 2.76 bits per heavy atom. The van der Waals surface area contributed by atoms with Gasteiger partial charge in [-0.1, -0.05) is 6.07 Å². The predicted octanol–water partition coefficient (Wildman–Crippen LogP) is 4.86. The second kappa shape index (κ2) is 9.70. The second-order valence-corrected chi connectivity index (χ2v) is 10.00. The molecule has 9 heteroatoms. The first-order valence-electron chi connectivity index (χ1n) is 10.9. The van der Waals surface area contributed by atoms with E-state index in [0.29, 0.717) is 18.0 Å². The SMILES string of the molecule is COC(=O)c1ccc2nc(CN3CCC(c4cccc(Br)n4)CC3)n(Cc3cncs3)c2c1. The lowest BCUT2D eigenvalue weighted by Gasteiger charge is -2.31. The van der Waals surface area contributed by atoms with Crippen molar-refractivity contribution in [2.24, 2.45) is 0 Å². The molecule has 4 heterocycles. The van der Waals surface area contributed by atoms with E-state index in [2.05, 4.69) is 47.5 Å². The first kappa shape index (κ1) is 22.2. The minimum absolute atomic E-state index is 0.341. The number of likely N-dealkylation sites (tertiary alicyclic amines) is 1. The summed E-state index contributed by atoms with van der Waals surface area (Å²) in [5.41, 5.74) is 5.36. The minimum Gasteiger partial charge on any atom is -0.465 e. The number of hydrogen-bond acceptors (Lipinski definition) is 7. The van der Waals surface area contributed by atoms with Crippen molar-refractivity contribution in [3.05, 3.63) is 74.7 Å². The summed E-state index contributed by atoms with van der Waals surface area (Å²) in [6.07, 6.45) is 4.04. The Hall–Kier alpha value is -2.62. The fourth-order valence-corrected chi connectivity index (χ4v) is 5.37. The van der Waals surface area contributed by atoms with Crippen LogP contribution < -0.4 is 0 Å². The molecule has 33 heavy (non-hydrogen) atoms. The first-order chi connectivity index (χ1) is 16.1. The zero-order valence-electron chi connectivity index (χ0n) is 18.3. The van der Waals surface area contributed by atoms with E-state index in [-0.39, 0.29) is 5.97 Å². The van der Waals surface area contributed by atoms with Gasteiger partial charge in [0.15, 0.2) is 0 Å². The fourth-order valence-electron chi connectivity index (χ4n) is 4.43. The highest BCUT2D eigenvalue weighted by molar-refractivity contribution is 9.10. The van der Waals surface area contributed by atoms with Gasteiger partial charge in [0.1, 0.15) is 10.4 Å². The molecule has 0 saturated carbocycles. The summed E-state index contributed by atoms with van der Waals surface area (Å²) in [5, 5.41) is 0. The van der Waals surface area contributed by atoms with E-state index in [4.69, 9.17) is 9.72 Å². The zero-order valence-corrected chi connectivity index (χ0v) is 20.7. The number of ether oxygens (including phenoxy) is 1. The maximum atomic E-state index is 12.1. The van der Waals surface area contributed by atoms with Crippen molar-refractivity contribution in [1.29, 1.82) is 0 Å². The summed E-state index contributed by atoms with van der Waals surface area (Å²) in [6, 6.07) is 11.7. The van der Waals surface area contributed by atoms with E-state index in [9.17, 15) is 4.79 Å². The van der Waals surface area contributed by atoms with Crippen LogP contribution in [0.3, 0.4) is 0 Å². The van der Waals surface area contributed by atoms with Gasteiger partial charge in [-0.25, -0.2) is 14.8 Å². The largest absolute Gasteiger partial charge is 0.465 e. The summed E-state index contributed by atoms with van der Waals surface area (Å²) in [5.74, 6) is 1.14. The monoisotopic (exact) mass is 525 g/mol. The molecule has 1 aliphatic heterocycles. The maximum Gasteiger partial charge on any atom is 0.337 e. The van der Waals surface area contributed by atoms with Crippen molar-refractivity contribution in [2.75, 3.05) is 20.2 Å². The Labute approximate surface area is 204 Å². The molecule has 0 spiro atoms. The van der Waals surface area contributed by atoms with E-state index in [1.165, 1.54) is 7.11 Å². The standard InChI is InChI=1S/C24H24BrN5O2S/c1-32-24(31)17-5-6-20-21(11-17)30(13-18-12-26-15-33-18)23(28-20)14-29-9-7-16(8-10-29)19-3-2-4-22(25)27-19/h2-6,11-12,15-16H,7-10,13-14H2,1H3. The van der Waals surface area contributed by atoms with Gasteiger partial charge in [-0.05, 0) is 72.2 Å². The molecule has 1 saturated heterocycles. The Morgan fingerprint density at radius 1 is 1.18 bits per heavy atom. The number of carbonyl (C=O) groups excluding carboxylic acids is 1. The van der Waals surface area contributed by atoms with Gasteiger partial charge in [0.05, 0.1) is 42.3 Å². The van der Waals surface area contributed by atoms with Crippen LogP contribution in [0.2, 0.25) is 0 Å². The third-order valence-corrected chi connectivity index (χ3v) is 7.36. The van der Waals surface area contributed by atoms with Crippen molar-refractivity contribution < 1.29 is 9.53 Å². The number of methoxy groups -OCH3 is 1. The lowest BCUT2D eigenvalue weighted by atomic mass is 9.93. The number of esters is 1. The lowest BCUT2D eigenvalue weighted by molar-refractivity contribution is 0.0601. The number of benzene rings is 1. The van der Waals surface area contributed by atoms with Gasteiger partial charge < -0.3 is 9.30 Å². The molecule has 1 fully saturated rings. The van der Waals surface area contributed by atoms with Crippen molar-refractivity contribution in [1.82, 2.24) is 24.4 Å². The van der Waals surface area contributed by atoms with E-state index in [1.54, 1.807) is 17.4 Å². The van der Waals surface area contributed by atoms with Crippen LogP contribution in [-0.4, -0.2) is 50.6 Å². The summed E-state index contributed by atoms with van der Waals surface area (Å²) in [7, 11) is 1.40. The number of fused-ring (bicyclic) bond motifs is 1. The van der Waals surface area contributed by atoms with Crippen LogP contribution in [0.15, 0.2) is 52.7 Å². The number of thiazole rings is 1. The van der Waals surface area contributed by atoms with Crippen LogP contribution in [0.25, 0.3) is 11.0 Å². The van der Waals surface area contributed by atoms with E-state index >= 15 is 0 Å². The maximum absolute atomic E-state index is 12.1.